The van der Waals surface area contributed by atoms with Crippen LogP contribution in [-0.4, -0.2) is 17.7 Å². The van der Waals surface area contributed by atoms with E-state index in [2.05, 4.69) is 15.2 Å². The van der Waals surface area contributed by atoms with Crippen LogP contribution in [-0.2, 0) is 0 Å². The highest BCUT2D eigenvalue weighted by Crippen LogP contribution is 2.22. The highest BCUT2D eigenvalue weighted by molar-refractivity contribution is 5.92. The normalized spacial score (nSPS) is 12.0. The van der Waals surface area contributed by atoms with Crippen molar-refractivity contribution < 1.29 is 22.8 Å². The molecule has 1 N–H and O–H groups in total. The van der Waals surface area contributed by atoms with Crippen molar-refractivity contribution >= 4 is 5.91 Å². The maximum absolute atomic E-state index is 12.3. The van der Waals surface area contributed by atoms with E-state index < -0.39 is 18.6 Å². The van der Waals surface area contributed by atoms with Gasteiger partial charge in [-0.15, -0.1) is 0 Å². The van der Waals surface area contributed by atoms with Crippen molar-refractivity contribution in [2.75, 3.05) is 0 Å². The van der Waals surface area contributed by atoms with Crippen LogP contribution in [0.15, 0.2) is 65.2 Å². The first-order valence-electron chi connectivity index (χ1n) is 7.90. The second-order valence-electron chi connectivity index (χ2n) is 5.59. The third kappa shape index (κ3) is 4.24. The summed E-state index contributed by atoms with van der Waals surface area (Å²) in [6.07, 6.45) is 0. The predicted molar refractivity (Wildman–Crippen MR) is 90.9 cm³/mol. The van der Waals surface area contributed by atoms with Crippen molar-refractivity contribution in [1.82, 2.24) is 10.5 Å². The summed E-state index contributed by atoms with van der Waals surface area (Å²) in [5.41, 5.74) is 2.01. The number of halogens is 2. The van der Waals surface area contributed by atoms with Gasteiger partial charge in [-0.25, -0.2) is 0 Å². The number of carbonyl (C=O) groups is 1. The smallest absolute Gasteiger partial charge is 0.387 e. The van der Waals surface area contributed by atoms with Gasteiger partial charge in [0.15, 0.2) is 0 Å². The van der Waals surface area contributed by atoms with Crippen LogP contribution >= 0.6 is 0 Å². The molecular formula is C19H16F2N2O3. The van der Waals surface area contributed by atoms with Crippen LogP contribution in [0.3, 0.4) is 0 Å². The number of hydrogen-bond acceptors (Lipinski definition) is 4. The Morgan fingerprint density at radius 3 is 2.62 bits per heavy atom. The Labute approximate surface area is 148 Å². The zero-order valence-corrected chi connectivity index (χ0v) is 13.9. The maximum atomic E-state index is 12.3. The van der Waals surface area contributed by atoms with E-state index in [1.165, 1.54) is 12.1 Å². The average molecular weight is 358 g/mol. The van der Waals surface area contributed by atoms with E-state index in [0.717, 1.165) is 5.56 Å². The first-order chi connectivity index (χ1) is 12.5. The van der Waals surface area contributed by atoms with Gasteiger partial charge in [-0.1, -0.05) is 47.6 Å². The summed E-state index contributed by atoms with van der Waals surface area (Å²) in [6, 6.07) is 16.6. The van der Waals surface area contributed by atoms with Gasteiger partial charge in [0, 0.05) is 11.6 Å². The van der Waals surface area contributed by atoms with Gasteiger partial charge in [0.1, 0.15) is 11.4 Å². The SMILES string of the molecule is CC(NC(=O)c1cc(-c2ccccc2)no1)c1cccc(OC(F)F)c1. The number of ether oxygens (including phenoxy) is 1. The first kappa shape index (κ1) is 17.6. The van der Waals surface area contributed by atoms with Gasteiger partial charge in [0.05, 0.1) is 6.04 Å². The molecule has 3 rings (SSSR count). The van der Waals surface area contributed by atoms with Crippen molar-refractivity contribution in [3.05, 3.63) is 72.0 Å². The molecule has 0 aliphatic carbocycles. The lowest BCUT2D eigenvalue weighted by Crippen LogP contribution is -2.26. The molecule has 0 fully saturated rings. The zero-order chi connectivity index (χ0) is 18.5. The van der Waals surface area contributed by atoms with Gasteiger partial charge in [-0.2, -0.15) is 8.78 Å². The number of rotatable bonds is 6. The summed E-state index contributed by atoms with van der Waals surface area (Å²) in [4.78, 5) is 12.3. The monoisotopic (exact) mass is 358 g/mol. The van der Waals surface area contributed by atoms with Crippen molar-refractivity contribution in [3.8, 4) is 17.0 Å². The number of alkyl halides is 2. The second-order valence-corrected chi connectivity index (χ2v) is 5.59. The number of carbonyl (C=O) groups excluding carboxylic acids is 1. The average Bonchev–Trinajstić information content (AvgIpc) is 3.12. The van der Waals surface area contributed by atoms with E-state index in [0.29, 0.717) is 11.3 Å². The molecule has 0 saturated carbocycles. The van der Waals surface area contributed by atoms with Crippen LogP contribution in [0.25, 0.3) is 11.3 Å². The molecule has 3 aromatic rings. The van der Waals surface area contributed by atoms with Gasteiger partial charge in [0.2, 0.25) is 5.76 Å². The molecule has 1 aromatic heterocycles. The maximum Gasteiger partial charge on any atom is 0.387 e. The van der Waals surface area contributed by atoms with Crippen LogP contribution in [0.2, 0.25) is 0 Å². The summed E-state index contributed by atoms with van der Waals surface area (Å²) in [5.74, 6) is -0.354. The predicted octanol–water partition coefficient (Wildman–Crippen LogP) is 4.43. The Morgan fingerprint density at radius 1 is 1.12 bits per heavy atom. The van der Waals surface area contributed by atoms with E-state index in [1.807, 2.05) is 30.3 Å². The molecule has 134 valence electrons. The number of nitrogens with zero attached hydrogens (tertiary/aromatic N) is 1. The van der Waals surface area contributed by atoms with E-state index in [-0.39, 0.29) is 11.5 Å². The topological polar surface area (TPSA) is 64.4 Å². The van der Waals surface area contributed by atoms with Crippen molar-refractivity contribution in [1.29, 1.82) is 0 Å². The highest BCUT2D eigenvalue weighted by atomic mass is 19.3. The van der Waals surface area contributed by atoms with Crippen LogP contribution in [0, 0.1) is 0 Å². The summed E-state index contributed by atoms with van der Waals surface area (Å²) < 4.78 is 34.1. The summed E-state index contributed by atoms with van der Waals surface area (Å²) in [6.45, 7) is -1.17. The standard InChI is InChI=1S/C19H16F2N2O3/c1-12(14-8-5-9-15(10-14)25-19(20)21)22-18(24)17-11-16(23-26-17)13-6-3-2-4-7-13/h2-12,19H,1H3,(H,22,24). The van der Waals surface area contributed by atoms with Crippen LogP contribution in [0.4, 0.5) is 8.78 Å². The van der Waals surface area contributed by atoms with Crippen LogP contribution < -0.4 is 10.1 Å². The lowest BCUT2D eigenvalue weighted by atomic mass is 10.1. The van der Waals surface area contributed by atoms with E-state index in [9.17, 15) is 13.6 Å². The molecule has 1 atom stereocenters. The van der Waals surface area contributed by atoms with E-state index in [1.54, 1.807) is 25.1 Å². The molecule has 0 radical (unpaired) electrons. The molecule has 0 bridgehead atoms. The third-order valence-corrected chi connectivity index (χ3v) is 3.73. The lowest BCUT2D eigenvalue weighted by molar-refractivity contribution is -0.0499. The number of benzene rings is 2. The Balaban J connectivity index is 1.69. The van der Waals surface area contributed by atoms with Gasteiger partial charge < -0.3 is 14.6 Å². The molecule has 1 amide bonds. The van der Waals surface area contributed by atoms with Crippen molar-refractivity contribution in [3.63, 3.8) is 0 Å². The summed E-state index contributed by atoms with van der Waals surface area (Å²) in [5, 5.41) is 6.64. The zero-order valence-electron chi connectivity index (χ0n) is 13.9. The molecule has 2 aromatic carbocycles. The molecule has 0 saturated heterocycles. The molecule has 7 heteroatoms. The van der Waals surface area contributed by atoms with Gasteiger partial charge in [-0.3, -0.25) is 4.79 Å². The van der Waals surface area contributed by atoms with E-state index >= 15 is 0 Å². The Morgan fingerprint density at radius 2 is 1.88 bits per heavy atom. The fourth-order valence-electron chi connectivity index (χ4n) is 2.44. The molecule has 1 unspecified atom stereocenters. The Hall–Kier alpha value is -3.22. The molecule has 5 nitrogen and oxygen atoms in total. The molecule has 26 heavy (non-hydrogen) atoms. The summed E-state index contributed by atoms with van der Waals surface area (Å²) >= 11 is 0. The summed E-state index contributed by atoms with van der Waals surface area (Å²) in [7, 11) is 0. The number of hydrogen-bond donors (Lipinski definition) is 1. The third-order valence-electron chi connectivity index (χ3n) is 3.73. The van der Waals surface area contributed by atoms with Gasteiger partial charge in [-0.05, 0) is 24.6 Å². The van der Waals surface area contributed by atoms with Crippen molar-refractivity contribution in [2.45, 2.75) is 19.6 Å². The van der Waals surface area contributed by atoms with Gasteiger partial charge in [0.25, 0.3) is 5.91 Å². The minimum atomic E-state index is -2.90. The Kier molecular flexibility index (Phi) is 5.26. The fraction of sp³-hybridized carbons (Fsp3) is 0.158. The van der Waals surface area contributed by atoms with Crippen LogP contribution in [0.5, 0.6) is 5.75 Å². The highest BCUT2D eigenvalue weighted by Gasteiger charge is 2.17. The minimum absolute atomic E-state index is 0.0321. The van der Waals surface area contributed by atoms with E-state index in [4.69, 9.17) is 4.52 Å². The number of aromatic nitrogens is 1. The number of amides is 1. The molecule has 0 aliphatic heterocycles. The first-order valence-corrected chi connectivity index (χ1v) is 7.90. The number of nitrogens with one attached hydrogen (secondary N) is 1. The minimum Gasteiger partial charge on any atom is -0.435 e. The Bertz CT molecular complexity index is 881. The van der Waals surface area contributed by atoms with Gasteiger partial charge >= 0.3 is 6.61 Å². The molecule has 1 heterocycles. The quantitative estimate of drug-likeness (QED) is 0.708. The van der Waals surface area contributed by atoms with Crippen LogP contribution in [0.1, 0.15) is 29.1 Å². The molecule has 0 spiro atoms. The van der Waals surface area contributed by atoms with Crippen molar-refractivity contribution in [2.24, 2.45) is 0 Å². The largest absolute Gasteiger partial charge is 0.435 e. The lowest BCUT2D eigenvalue weighted by Gasteiger charge is -2.14. The second kappa shape index (κ2) is 7.77. The molecule has 0 aliphatic rings. The molecular weight excluding hydrogens is 342 g/mol. The fourth-order valence-corrected chi connectivity index (χ4v) is 2.44.